The number of fused-ring (bicyclic) bond motifs is 1. The van der Waals surface area contributed by atoms with Crippen LogP contribution in [0.2, 0.25) is 0 Å². The van der Waals surface area contributed by atoms with Crippen molar-refractivity contribution in [3.8, 4) is 5.13 Å². The molecule has 0 atom stereocenters. The number of hydrogen-bond acceptors (Lipinski definition) is 3. The van der Waals surface area contributed by atoms with Crippen LogP contribution in [0.1, 0.15) is 5.69 Å². The Labute approximate surface area is 99.4 Å². The minimum absolute atomic E-state index is 0.306. The number of thiazole rings is 1. The molecule has 0 amide bonds. The van der Waals surface area contributed by atoms with E-state index >= 15 is 0 Å². The second kappa shape index (κ2) is 3.53. The molecule has 2 heterocycles. The van der Waals surface area contributed by atoms with Crippen LogP contribution in [0.5, 0.6) is 0 Å². The SMILES string of the molecule is Cc1csc(-n2c(=O)[nH]c3cc(F)ccc32)n1. The third-order valence-electron chi connectivity index (χ3n) is 2.44. The lowest BCUT2D eigenvalue weighted by molar-refractivity contribution is 0.629. The van der Waals surface area contributed by atoms with Crippen molar-refractivity contribution in [3.05, 3.63) is 45.6 Å². The summed E-state index contributed by atoms with van der Waals surface area (Å²) in [6.45, 7) is 1.86. The van der Waals surface area contributed by atoms with Crippen molar-refractivity contribution in [2.75, 3.05) is 0 Å². The standard InChI is InChI=1S/C11H8FN3OS/c1-6-5-17-11(13-6)15-9-3-2-7(12)4-8(9)14-10(15)16/h2-5H,1H3,(H,14,16). The van der Waals surface area contributed by atoms with Crippen LogP contribution in [0.3, 0.4) is 0 Å². The topological polar surface area (TPSA) is 50.7 Å². The molecular weight excluding hydrogens is 241 g/mol. The number of aryl methyl sites for hydroxylation is 1. The van der Waals surface area contributed by atoms with Crippen molar-refractivity contribution in [3.63, 3.8) is 0 Å². The molecule has 2 aromatic heterocycles. The molecule has 3 aromatic rings. The van der Waals surface area contributed by atoms with Gasteiger partial charge >= 0.3 is 5.69 Å². The fourth-order valence-corrected chi connectivity index (χ4v) is 2.53. The van der Waals surface area contributed by atoms with Gasteiger partial charge in [0.05, 0.1) is 16.7 Å². The predicted octanol–water partition coefficient (Wildman–Crippen LogP) is 2.22. The monoisotopic (exact) mass is 249 g/mol. The first-order chi connectivity index (χ1) is 8.15. The minimum Gasteiger partial charge on any atom is -0.305 e. The van der Waals surface area contributed by atoms with Crippen LogP contribution < -0.4 is 5.69 Å². The van der Waals surface area contributed by atoms with Crippen molar-refractivity contribution >= 4 is 22.4 Å². The molecule has 0 aliphatic heterocycles. The molecule has 86 valence electrons. The smallest absolute Gasteiger partial charge is 0.305 e. The van der Waals surface area contributed by atoms with Crippen LogP contribution in [-0.2, 0) is 0 Å². The van der Waals surface area contributed by atoms with Crippen LogP contribution in [-0.4, -0.2) is 14.5 Å². The summed E-state index contributed by atoms with van der Waals surface area (Å²) < 4.78 is 14.5. The van der Waals surface area contributed by atoms with E-state index in [1.807, 2.05) is 12.3 Å². The molecule has 0 saturated heterocycles. The minimum atomic E-state index is -0.374. The van der Waals surface area contributed by atoms with Crippen molar-refractivity contribution in [2.45, 2.75) is 6.92 Å². The molecule has 0 bridgehead atoms. The van der Waals surface area contributed by atoms with Crippen molar-refractivity contribution < 1.29 is 4.39 Å². The zero-order valence-corrected chi connectivity index (χ0v) is 9.71. The van der Waals surface area contributed by atoms with Gasteiger partial charge in [0.2, 0.25) is 0 Å². The van der Waals surface area contributed by atoms with Crippen LogP contribution in [0.4, 0.5) is 4.39 Å². The molecule has 3 rings (SSSR count). The summed E-state index contributed by atoms with van der Waals surface area (Å²) in [5.74, 6) is -0.374. The van der Waals surface area contributed by atoms with Gasteiger partial charge in [0.25, 0.3) is 0 Å². The van der Waals surface area contributed by atoms with Gasteiger partial charge in [-0.2, -0.15) is 0 Å². The number of rotatable bonds is 1. The lowest BCUT2D eigenvalue weighted by Gasteiger charge is -1.97. The third-order valence-corrected chi connectivity index (χ3v) is 3.39. The largest absolute Gasteiger partial charge is 0.332 e. The Morgan fingerprint density at radius 2 is 2.29 bits per heavy atom. The molecule has 0 fully saturated rings. The van der Waals surface area contributed by atoms with Crippen LogP contribution in [0.15, 0.2) is 28.4 Å². The van der Waals surface area contributed by atoms with E-state index in [1.165, 1.54) is 28.0 Å². The average Bonchev–Trinajstić information content (AvgIpc) is 2.80. The fraction of sp³-hybridized carbons (Fsp3) is 0.0909. The lowest BCUT2D eigenvalue weighted by atomic mass is 10.3. The Kier molecular flexibility index (Phi) is 2.12. The Morgan fingerprint density at radius 3 is 3.00 bits per heavy atom. The van der Waals surface area contributed by atoms with Crippen LogP contribution >= 0.6 is 11.3 Å². The van der Waals surface area contributed by atoms with Crippen molar-refractivity contribution in [1.82, 2.24) is 14.5 Å². The highest BCUT2D eigenvalue weighted by Crippen LogP contribution is 2.19. The number of aromatic nitrogens is 3. The van der Waals surface area contributed by atoms with E-state index in [4.69, 9.17) is 0 Å². The van der Waals surface area contributed by atoms with Gasteiger partial charge in [-0.3, -0.25) is 0 Å². The highest BCUT2D eigenvalue weighted by Gasteiger charge is 2.11. The molecule has 0 radical (unpaired) electrons. The quantitative estimate of drug-likeness (QED) is 0.719. The van der Waals surface area contributed by atoms with Gasteiger partial charge in [0.15, 0.2) is 5.13 Å². The molecule has 0 aliphatic rings. The zero-order chi connectivity index (χ0) is 12.0. The summed E-state index contributed by atoms with van der Waals surface area (Å²) >= 11 is 1.38. The molecule has 6 heteroatoms. The number of benzene rings is 1. The predicted molar refractivity (Wildman–Crippen MR) is 64.3 cm³/mol. The first-order valence-electron chi connectivity index (χ1n) is 4.98. The average molecular weight is 249 g/mol. The highest BCUT2D eigenvalue weighted by atomic mass is 32.1. The molecule has 0 unspecified atom stereocenters. The van der Waals surface area contributed by atoms with Gasteiger partial charge in [-0.05, 0) is 25.1 Å². The van der Waals surface area contributed by atoms with E-state index in [9.17, 15) is 9.18 Å². The summed E-state index contributed by atoms with van der Waals surface area (Å²) in [7, 11) is 0. The second-order valence-corrected chi connectivity index (χ2v) is 4.54. The first kappa shape index (κ1) is 10.2. The summed E-state index contributed by atoms with van der Waals surface area (Å²) in [6, 6.07) is 4.19. The molecule has 1 aromatic carbocycles. The highest BCUT2D eigenvalue weighted by molar-refractivity contribution is 7.12. The second-order valence-electron chi connectivity index (χ2n) is 3.70. The molecule has 4 nitrogen and oxygen atoms in total. The molecule has 1 N–H and O–H groups in total. The van der Waals surface area contributed by atoms with Gasteiger partial charge in [-0.25, -0.2) is 18.7 Å². The molecule has 17 heavy (non-hydrogen) atoms. The number of halogens is 1. The number of H-pyrrole nitrogens is 1. The Morgan fingerprint density at radius 1 is 1.47 bits per heavy atom. The van der Waals surface area contributed by atoms with Crippen molar-refractivity contribution in [1.29, 1.82) is 0 Å². The van der Waals surface area contributed by atoms with E-state index < -0.39 is 0 Å². The number of hydrogen-bond donors (Lipinski definition) is 1. The number of nitrogens with one attached hydrogen (secondary N) is 1. The fourth-order valence-electron chi connectivity index (χ4n) is 1.72. The van der Waals surface area contributed by atoms with Crippen LogP contribution in [0.25, 0.3) is 16.2 Å². The Bertz CT molecular complexity index is 756. The van der Waals surface area contributed by atoms with Gasteiger partial charge in [0.1, 0.15) is 5.82 Å². The Hall–Kier alpha value is -1.95. The number of aromatic amines is 1. The normalized spacial score (nSPS) is 11.2. The summed E-state index contributed by atoms with van der Waals surface area (Å²) in [4.78, 5) is 18.7. The van der Waals surface area contributed by atoms with Gasteiger partial charge in [-0.1, -0.05) is 0 Å². The summed E-state index contributed by atoms with van der Waals surface area (Å²) in [6.07, 6.45) is 0. The van der Waals surface area contributed by atoms with Crippen molar-refractivity contribution in [2.24, 2.45) is 0 Å². The molecule has 0 aliphatic carbocycles. The Balaban J connectivity index is 2.36. The zero-order valence-electron chi connectivity index (χ0n) is 8.90. The van der Waals surface area contributed by atoms with E-state index in [2.05, 4.69) is 9.97 Å². The number of nitrogens with zero attached hydrogens (tertiary/aromatic N) is 2. The van der Waals surface area contributed by atoms with Gasteiger partial charge < -0.3 is 4.98 Å². The molecule has 0 saturated carbocycles. The lowest BCUT2D eigenvalue weighted by Crippen LogP contribution is -2.14. The summed E-state index contributed by atoms with van der Waals surface area (Å²) in [5.41, 5.74) is 1.65. The maximum absolute atomic E-state index is 13.0. The maximum Gasteiger partial charge on any atom is 0.332 e. The first-order valence-corrected chi connectivity index (χ1v) is 5.86. The van der Waals surface area contributed by atoms with E-state index in [0.717, 1.165) is 5.69 Å². The van der Waals surface area contributed by atoms with Gasteiger partial charge in [0, 0.05) is 5.38 Å². The maximum atomic E-state index is 13.0. The van der Waals surface area contributed by atoms with Crippen LogP contribution in [0, 0.1) is 12.7 Å². The molecular formula is C11H8FN3OS. The summed E-state index contributed by atoms with van der Waals surface area (Å²) in [5, 5.41) is 2.45. The number of imidazole rings is 1. The van der Waals surface area contributed by atoms with E-state index in [1.54, 1.807) is 6.07 Å². The van der Waals surface area contributed by atoms with Gasteiger partial charge in [-0.15, -0.1) is 11.3 Å². The third kappa shape index (κ3) is 1.57. The van der Waals surface area contributed by atoms with E-state index in [-0.39, 0.29) is 11.5 Å². The van der Waals surface area contributed by atoms with E-state index in [0.29, 0.717) is 16.2 Å². The molecule has 0 spiro atoms.